The van der Waals surface area contributed by atoms with E-state index in [4.69, 9.17) is 4.84 Å². The van der Waals surface area contributed by atoms with Crippen LogP contribution >= 0.6 is 0 Å². The Kier molecular flexibility index (Phi) is 7.18. The van der Waals surface area contributed by atoms with Gasteiger partial charge in [-0.2, -0.15) is 5.06 Å². The maximum Gasteiger partial charge on any atom is 0.247 e. The predicted molar refractivity (Wildman–Crippen MR) is 112 cm³/mol. The smallest absolute Gasteiger partial charge is 0.247 e. The lowest BCUT2D eigenvalue weighted by molar-refractivity contribution is -0.125. The highest BCUT2D eigenvalue weighted by molar-refractivity contribution is 5.89. The molecule has 2 aromatic rings. The highest BCUT2D eigenvalue weighted by Crippen LogP contribution is 2.29. The molecule has 2 unspecified atom stereocenters. The molecule has 0 saturated carbocycles. The summed E-state index contributed by atoms with van der Waals surface area (Å²) in [6, 6.07) is 15.7. The van der Waals surface area contributed by atoms with Gasteiger partial charge in [-0.05, 0) is 42.0 Å². The number of carbonyl (C=O) groups excluding carboxylic acids is 1. The van der Waals surface area contributed by atoms with E-state index in [9.17, 15) is 4.79 Å². The molecule has 5 nitrogen and oxygen atoms in total. The summed E-state index contributed by atoms with van der Waals surface area (Å²) in [5.41, 5.74) is 1.93. The number of pyridine rings is 1. The fraction of sp³-hybridized carbons (Fsp3) is 0.478. The molecule has 1 aliphatic rings. The lowest BCUT2D eigenvalue weighted by Crippen LogP contribution is -2.47. The van der Waals surface area contributed by atoms with Gasteiger partial charge >= 0.3 is 0 Å². The Labute approximate surface area is 168 Å². The first kappa shape index (κ1) is 20.5. The second kappa shape index (κ2) is 9.80. The fourth-order valence-corrected chi connectivity index (χ4v) is 4.12. The minimum atomic E-state index is -0.0979. The largest absolute Gasteiger partial charge is 0.302 e. The van der Waals surface area contributed by atoms with E-state index in [1.165, 1.54) is 5.06 Å². The van der Waals surface area contributed by atoms with E-state index >= 15 is 0 Å². The Morgan fingerprint density at radius 2 is 1.79 bits per heavy atom. The first-order valence-corrected chi connectivity index (χ1v) is 10.2. The molecule has 150 valence electrons. The number of piperidine rings is 1. The normalized spacial score (nSPS) is 22.8. The Balaban J connectivity index is 1.53. The molecule has 2 heterocycles. The van der Waals surface area contributed by atoms with Crippen molar-refractivity contribution in [3.05, 3.63) is 60.4 Å². The van der Waals surface area contributed by atoms with Gasteiger partial charge in [0, 0.05) is 44.9 Å². The van der Waals surface area contributed by atoms with Gasteiger partial charge < -0.3 is 4.90 Å². The second-order valence-corrected chi connectivity index (χ2v) is 7.89. The number of para-hydroxylation sites is 1. The lowest BCUT2D eigenvalue weighted by atomic mass is 9.80. The zero-order valence-electron chi connectivity index (χ0n) is 17.1. The van der Waals surface area contributed by atoms with Crippen molar-refractivity contribution >= 4 is 11.6 Å². The van der Waals surface area contributed by atoms with Crippen molar-refractivity contribution in [2.24, 2.45) is 17.8 Å². The van der Waals surface area contributed by atoms with Crippen LogP contribution in [-0.4, -0.2) is 42.0 Å². The lowest BCUT2D eigenvalue weighted by Gasteiger charge is -2.41. The van der Waals surface area contributed by atoms with Gasteiger partial charge in [-0.25, -0.2) is 0 Å². The third-order valence-corrected chi connectivity index (χ3v) is 5.64. The Morgan fingerprint density at radius 3 is 2.39 bits per heavy atom. The summed E-state index contributed by atoms with van der Waals surface area (Å²) in [4.78, 5) is 25.0. The van der Waals surface area contributed by atoms with Crippen molar-refractivity contribution in [1.82, 2.24) is 9.88 Å². The summed E-state index contributed by atoms with van der Waals surface area (Å²) in [5, 5.41) is 1.42. The number of hydrogen-bond acceptors (Lipinski definition) is 4. The van der Waals surface area contributed by atoms with Crippen LogP contribution in [0.1, 0.15) is 26.5 Å². The molecule has 5 heteroatoms. The van der Waals surface area contributed by atoms with Crippen molar-refractivity contribution in [3.8, 4) is 0 Å². The summed E-state index contributed by atoms with van der Waals surface area (Å²) < 4.78 is 0. The second-order valence-electron chi connectivity index (χ2n) is 7.89. The van der Waals surface area contributed by atoms with Gasteiger partial charge in [0.05, 0.1) is 12.3 Å². The van der Waals surface area contributed by atoms with Crippen molar-refractivity contribution in [2.75, 3.05) is 31.3 Å². The van der Waals surface area contributed by atoms with Gasteiger partial charge in [0.2, 0.25) is 5.91 Å². The van der Waals surface area contributed by atoms with Crippen LogP contribution in [0.15, 0.2) is 54.7 Å². The van der Waals surface area contributed by atoms with Crippen molar-refractivity contribution in [3.63, 3.8) is 0 Å². The Bertz CT molecular complexity index is 726. The molecule has 2 atom stereocenters. The van der Waals surface area contributed by atoms with Crippen molar-refractivity contribution < 1.29 is 9.63 Å². The van der Waals surface area contributed by atoms with Gasteiger partial charge in [-0.1, -0.05) is 38.1 Å². The molecule has 1 aromatic heterocycles. The van der Waals surface area contributed by atoms with Crippen molar-refractivity contribution in [2.45, 2.75) is 27.2 Å². The number of rotatable bonds is 7. The number of benzene rings is 1. The molecular formula is C23H31N3O2. The van der Waals surface area contributed by atoms with E-state index in [2.05, 4.69) is 29.8 Å². The molecular weight excluding hydrogens is 350 g/mol. The zero-order chi connectivity index (χ0) is 19.9. The molecule has 28 heavy (non-hydrogen) atoms. The van der Waals surface area contributed by atoms with Gasteiger partial charge in [-0.15, -0.1) is 0 Å². The standard InChI is InChI=1S/C23H31N3O2/c1-18-15-25(14-12-21-9-7-8-13-24-21)16-19(2)23(18)17-28-26(20(3)27)22-10-5-4-6-11-22/h4-11,13,18-19,23H,12,14-17H2,1-3H3. The molecule has 0 aliphatic carbocycles. The molecule has 3 rings (SSSR count). The summed E-state index contributed by atoms with van der Waals surface area (Å²) in [6.07, 6.45) is 2.84. The van der Waals surface area contributed by atoms with Gasteiger partial charge in [0.25, 0.3) is 0 Å². The SMILES string of the molecule is CC(=O)N(OCC1C(C)CN(CCc2ccccn2)CC1C)c1ccccc1. The third-order valence-electron chi connectivity index (χ3n) is 5.64. The molecule has 0 N–H and O–H groups in total. The number of hydroxylamine groups is 1. The van der Waals surface area contributed by atoms with Crippen LogP contribution in [-0.2, 0) is 16.1 Å². The van der Waals surface area contributed by atoms with Gasteiger partial charge in [-0.3, -0.25) is 14.6 Å². The Hall–Kier alpha value is -2.24. The monoisotopic (exact) mass is 381 g/mol. The number of aromatic nitrogens is 1. The van der Waals surface area contributed by atoms with E-state index in [0.717, 1.165) is 37.4 Å². The number of carbonyl (C=O) groups is 1. The van der Waals surface area contributed by atoms with Crippen LogP contribution in [0, 0.1) is 17.8 Å². The van der Waals surface area contributed by atoms with E-state index in [1.807, 2.05) is 48.7 Å². The van der Waals surface area contributed by atoms with E-state index in [-0.39, 0.29) is 5.91 Å². The summed E-state index contributed by atoms with van der Waals surface area (Å²) in [6.45, 7) is 9.82. The summed E-state index contributed by atoms with van der Waals surface area (Å²) in [5.74, 6) is 1.35. The molecule has 1 amide bonds. The average molecular weight is 382 g/mol. The number of hydrogen-bond donors (Lipinski definition) is 0. The summed E-state index contributed by atoms with van der Waals surface area (Å²) >= 11 is 0. The fourth-order valence-electron chi connectivity index (χ4n) is 4.12. The number of amides is 1. The average Bonchev–Trinajstić information content (AvgIpc) is 2.69. The zero-order valence-corrected chi connectivity index (χ0v) is 17.1. The maximum atomic E-state index is 12.0. The minimum absolute atomic E-state index is 0.0979. The van der Waals surface area contributed by atoms with E-state index in [1.54, 1.807) is 6.92 Å². The first-order valence-electron chi connectivity index (χ1n) is 10.2. The first-order chi connectivity index (χ1) is 13.5. The quantitative estimate of drug-likeness (QED) is 0.684. The third kappa shape index (κ3) is 5.40. The van der Waals surface area contributed by atoms with Crippen molar-refractivity contribution in [1.29, 1.82) is 0 Å². The Morgan fingerprint density at radius 1 is 1.11 bits per heavy atom. The van der Waals surface area contributed by atoms with Crippen LogP contribution in [0.2, 0.25) is 0 Å². The number of likely N-dealkylation sites (tertiary alicyclic amines) is 1. The molecule has 0 bridgehead atoms. The van der Waals surface area contributed by atoms with Gasteiger partial charge in [0.15, 0.2) is 0 Å². The van der Waals surface area contributed by atoms with Crippen LogP contribution in [0.5, 0.6) is 0 Å². The van der Waals surface area contributed by atoms with Crippen LogP contribution in [0.4, 0.5) is 5.69 Å². The predicted octanol–water partition coefficient (Wildman–Crippen LogP) is 3.81. The number of nitrogens with zero attached hydrogens (tertiary/aromatic N) is 3. The van der Waals surface area contributed by atoms with E-state index in [0.29, 0.717) is 24.4 Å². The maximum absolute atomic E-state index is 12.0. The minimum Gasteiger partial charge on any atom is -0.302 e. The molecule has 0 spiro atoms. The highest BCUT2D eigenvalue weighted by atomic mass is 16.7. The molecule has 1 aromatic carbocycles. The molecule has 1 aliphatic heterocycles. The highest BCUT2D eigenvalue weighted by Gasteiger charge is 2.32. The van der Waals surface area contributed by atoms with Crippen LogP contribution < -0.4 is 5.06 Å². The van der Waals surface area contributed by atoms with Crippen LogP contribution in [0.3, 0.4) is 0 Å². The van der Waals surface area contributed by atoms with Crippen LogP contribution in [0.25, 0.3) is 0 Å². The van der Waals surface area contributed by atoms with E-state index < -0.39 is 0 Å². The number of anilines is 1. The topological polar surface area (TPSA) is 45.7 Å². The molecule has 1 saturated heterocycles. The van der Waals surface area contributed by atoms with Gasteiger partial charge in [0.1, 0.15) is 0 Å². The summed E-state index contributed by atoms with van der Waals surface area (Å²) in [7, 11) is 0. The molecule has 0 radical (unpaired) electrons. The molecule has 1 fully saturated rings.